The molecule has 0 bridgehead atoms. The molecular formula is C18H20N4O2S2. The number of benzene rings is 1. The number of hydrogen-bond donors (Lipinski definition) is 1. The first kappa shape index (κ1) is 18.6. The van der Waals surface area contributed by atoms with E-state index in [2.05, 4.69) is 11.1 Å². The summed E-state index contributed by atoms with van der Waals surface area (Å²) in [6, 6.07) is 8.80. The van der Waals surface area contributed by atoms with Crippen molar-refractivity contribution in [1.82, 2.24) is 9.29 Å². The van der Waals surface area contributed by atoms with Gasteiger partial charge in [0.1, 0.15) is 16.6 Å². The lowest BCUT2D eigenvalue weighted by Gasteiger charge is -2.25. The van der Waals surface area contributed by atoms with Gasteiger partial charge in [0.2, 0.25) is 10.0 Å². The van der Waals surface area contributed by atoms with Gasteiger partial charge in [-0.3, -0.25) is 0 Å². The Balaban J connectivity index is 1.86. The number of sulfonamides is 1. The van der Waals surface area contributed by atoms with Crippen LogP contribution >= 0.6 is 11.3 Å². The maximum Gasteiger partial charge on any atom is 0.243 e. The fraction of sp³-hybridized carbons (Fsp3) is 0.333. The number of thiazole rings is 1. The number of hydrogen-bond acceptors (Lipinski definition) is 6. The van der Waals surface area contributed by atoms with Crippen LogP contribution in [0.3, 0.4) is 0 Å². The molecule has 0 aliphatic carbocycles. The molecule has 1 aromatic heterocycles. The molecule has 1 fully saturated rings. The first-order valence-electron chi connectivity index (χ1n) is 8.36. The maximum atomic E-state index is 12.7. The van der Waals surface area contributed by atoms with Gasteiger partial charge in [0.15, 0.2) is 0 Å². The van der Waals surface area contributed by atoms with E-state index < -0.39 is 10.0 Å². The first-order chi connectivity index (χ1) is 12.4. The van der Waals surface area contributed by atoms with Crippen LogP contribution in [0.2, 0.25) is 0 Å². The van der Waals surface area contributed by atoms with Crippen molar-refractivity contribution in [3.8, 4) is 17.3 Å². The molecular weight excluding hydrogens is 368 g/mol. The van der Waals surface area contributed by atoms with Gasteiger partial charge in [0.25, 0.3) is 0 Å². The van der Waals surface area contributed by atoms with Gasteiger partial charge in [0.05, 0.1) is 10.6 Å². The molecule has 0 spiro atoms. The Morgan fingerprint density at radius 2 is 1.88 bits per heavy atom. The molecule has 8 heteroatoms. The van der Waals surface area contributed by atoms with Crippen LogP contribution in [0.4, 0.5) is 0 Å². The molecule has 1 aliphatic rings. The van der Waals surface area contributed by atoms with Gasteiger partial charge in [-0.15, -0.1) is 11.3 Å². The molecule has 26 heavy (non-hydrogen) atoms. The van der Waals surface area contributed by atoms with Crippen LogP contribution in [-0.2, 0) is 10.0 Å². The summed E-state index contributed by atoms with van der Waals surface area (Å²) in [4.78, 5) is 4.75. The van der Waals surface area contributed by atoms with E-state index in [0.717, 1.165) is 24.8 Å². The van der Waals surface area contributed by atoms with E-state index in [9.17, 15) is 13.7 Å². The molecule has 0 radical (unpaired) electrons. The highest BCUT2D eigenvalue weighted by atomic mass is 32.2. The molecule has 2 aromatic rings. The van der Waals surface area contributed by atoms with Crippen LogP contribution in [0.5, 0.6) is 0 Å². The summed E-state index contributed by atoms with van der Waals surface area (Å²) in [7, 11) is -3.44. The van der Waals surface area contributed by atoms with Crippen molar-refractivity contribution in [2.45, 2.75) is 31.1 Å². The molecule has 0 saturated carbocycles. The molecule has 1 saturated heterocycles. The standard InChI is InChI=1S/C18H20N4O2S2/c1-13(20)16(11-19)18-21-17(12-25-18)14-5-7-15(8-6-14)26(23,24)22-9-3-2-4-10-22/h5-8,12H,2-4,9-10,20H2,1H3. The molecule has 0 atom stereocenters. The Hall–Kier alpha value is -2.21. The van der Waals surface area contributed by atoms with E-state index in [0.29, 0.717) is 40.0 Å². The Morgan fingerprint density at radius 1 is 1.23 bits per heavy atom. The van der Waals surface area contributed by atoms with Crippen molar-refractivity contribution in [3.63, 3.8) is 0 Å². The van der Waals surface area contributed by atoms with Crippen LogP contribution in [0.1, 0.15) is 31.2 Å². The van der Waals surface area contributed by atoms with Gasteiger partial charge in [-0.25, -0.2) is 13.4 Å². The SMILES string of the molecule is CC(N)=C(C#N)c1nc(-c2ccc(S(=O)(=O)N3CCCCC3)cc2)cs1. The third-order valence-electron chi connectivity index (χ3n) is 4.33. The second-order valence-corrected chi connectivity index (χ2v) is 8.99. The summed E-state index contributed by atoms with van der Waals surface area (Å²) in [5, 5.41) is 11.6. The van der Waals surface area contributed by atoms with Crippen molar-refractivity contribution in [3.05, 3.63) is 40.4 Å². The molecule has 136 valence electrons. The zero-order valence-corrected chi connectivity index (χ0v) is 16.1. The number of aromatic nitrogens is 1. The van der Waals surface area contributed by atoms with Gasteiger partial charge < -0.3 is 5.73 Å². The number of nitrogens with zero attached hydrogens (tertiary/aromatic N) is 3. The lowest BCUT2D eigenvalue weighted by atomic mass is 10.2. The highest BCUT2D eigenvalue weighted by molar-refractivity contribution is 7.89. The Bertz CT molecular complexity index is 959. The van der Waals surface area contributed by atoms with Gasteiger partial charge >= 0.3 is 0 Å². The van der Waals surface area contributed by atoms with Crippen LogP contribution in [-0.4, -0.2) is 30.8 Å². The number of piperidine rings is 1. The smallest absolute Gasteiger partial charge is 0.243 e. The number of allylic oxidation sites excluding steroid dienone is 2. The summed E-state index contributed by atoms with van der Waals surface area (Å²) in [5.41, 5.74) is 8.01. The van der Waals surface area contributed by atoms with E-state index in [1.807, 2.05) is 5.38 Å². The molecule has 6 nitrogen and oxygen atoms in total. The fourth-order valence-electron chi connectivity index (χ4n) is 2.88. The number of nitriles is 1. The summed E-state index contributed by atoms with van der Waals surface area (Å²) in [6.45, 7) is 2.84. The summed E-state index contributed by atoms with van der Waals surface area (Å²) in [6.07, 6.45) is 2.90. The zero-order chi connectivity index (χ0) is 18.7. The third-order valence-corrected chi connectivity index (χ3v) is 7.10. The van der Waals surface area contributed by atoms with Crippen LogP contribution in [0.15, 0.2) is 40.2 Å². The topological polar surface area (TPSA) is 100 Å². The average Bonchev–Trinajstić information content (AvgIpc) is 3.12. The predicted molar refractivity (Wildman–Crippen MR) is 103 cm³/mol. The van der Waals surface area contributed by atoms with Crippen LogP contribution < -0.4 is 5.73 Å². The maximum absolute atomic E-state index is 12.7. The van der Waals surface area contributed by atoms with E-state index in [1.165, 1.54) is 11.3 Å². The van der Waals surface area contributed by atoms with E-state index in [1.54, 1.807) is 35.5 Å². The van der Waals surface area contributed by atoms with E-state index >= 15 is 0 Å². The molecule has 1 aliphatic heterocycles. The quantitative estimate of drug-likeness (QED) is 0.811. The van der Waals surface area contributed by atoms with Crippen molar-refractivity contribution in [1.29, 1.82) is 5.26 Å². The largest absolute Gasteiger partial charge is 0.401 e. The minimum absolute atomic E-state index is 0.300. The van der Waals surface area contributed by atoms with Crippen molar-refractivity contribution in [2.75, 3.05) is 13.1 Å². The number of nitrogens with two attached hydrogens (primary N) is 1. The molecule has 2 N–H and O–H groups in total. The highest BCUT2D eigenvalue weighted by Gasteiger charge is 2.25. The van der Waals surface area contributed by atoms with Crippen molar-refractivity contribution in [2.24, 2.45) is 5.73 Å². The summed E-state index contributed by atoms with van der Waals surface area (Å²) >= 11 is 1.34. The monoisotopic (exact) mass is 388 g/mol. The Morgan fingerprint density at radius 3 is 2.46 bits per heavy atom. The zero-order valence-electron chi connectivity index (χ0n) is 14.5. The van der Waals surface area contributed by atoms with Gasteiger partial charge in [0, 0.05) is 29.7 Å². The average molecular weight is 389 g/mol. The lowest BCUT2D eigenvalue weighted by molar-refractivity contribution is 0.346. The molecule has 1 aromatic carbocycles. The Labute approximate surface area is 157 Å². The van der Waals surface area contributed by atoms with Gasteiger partial charge in [-0.05, 0) is 31.9 Å². The lowest BCUT2D eigenvalue weighted by Crippen LogP contribution is -2.35. The van der Waals surface area contributed by atoms with Crippen molar-refractivity contribution < 1.29 is 8.42 Å². The molecule has 3 rings (SSSR count). The second kappa shape index (κ2) is 7.58. The normalized spacial score (nSPS) is 16.8. The molecule has 0 unspecified atom stereocenters. The van der Waals surface area contributed by atoms with Gasteiger partial charge in [-0.1, -0.05) is 18.6 Å². The molecule has 2 heterocycles. The van der Waals surface area contributed by atoms with Crippen LogP contribution in [0.25, 0.3) is 16.8 Å². The minimum Gasteiger partial charge on any atom is -0.401 e. The number of rotatable bonds is 4. The van der Waals surface area contributed by atoms with Gasteiger partial charge in [-0.2, -0.15) is 9.57 Å². The summed E-state index contributed by atoms with van der Waals surface area (Å²) in [5.74, 6) is 0. The highest BCUT2D eigenvalue weighted by Crippen LogP contribution is 2.28. The minimum atomic E-state index is -3.44. The predicted octanol–water partition coefficient (Wildman–Crippen LogP) is 3.20. The van der Waals surface area contributed by atoms with E-state index in [4.69, 9.17) is 5.73 Å². The summed E-state index contributed by atoms with van der Waals surface area (Å²) < 4.78 is 27.0. The first-order valence-corrected chi connectivity index (χ1v) is 10.7. The third kappa shape index (κ3) is 3.65. The second-order valence-electron chi connectivity index (χ2n) is 6.20. The molecule has 0 amide bonds. The Kier molecular flexibility index (Phi) is 5.41. The van der Waals surface area contributed by atoms with Crippen molar-refractivity contribution >= 4 is 26.9 Å². The van der Waals surface area contributed by atoms with Crippen LogP contribution in [0, 0.1) is 11.3 Å². The van der Waals surface area contributed by atoms with E-state index in [-0.39, 0.29) is 0 Å². The fourth-order valence-corrected chi connectivity index (χ4v) is 5.28.